The van der Waals surface area contributed by atoms with Gasteiger partial charge < -0.3 is 0 Å². The first-order valence-corrected chi connectivity index (χ1v) is 6.86. The second kappa shape index (κ2) is 5.90. The second-order valence-corrected chi connectivity index (χ2v) is 5.37. The smallest absolute Gasteiger partial charge is 0.268 e. The molecule has 0 spiro atoms. The summed E-state index contributed by atoms with van der Waals surface area (Å²) in [6.45, 7) is 1.21. The van der Waals surface area contributed by atoms with Gasteiger partial charge in [-0.1, -0.05) is 35.5 Å². The number of nitrogens with zero attached hydrogens (tertiary/aromatic N) is 2. The second-order valence-electron chi connectivity index (χ2n) is 3.53. The molecule has 7 nitrogen and oxygen atoms in total. The predicted molar refractivity (Wildman–Crippen MR) is 65.5 cm³/mol. The quantitative estimate of drug-likeness (QED) is 0.344. The summed E-state index contributed by atoms with van der Waals surface area (Å²) < 4.78 is 53.1. The van der Waals surface area contributed by atoms with E-state index in [9.17, 15) is 27.3 Å². The van der Waals surface area contributed by atoms with Crippen LogP contribution < -0.4 is 0 Å². The van der Waals surface area contributed by atoms with Crippen LogP contribution in [0.3, 0.4) is 0 Å². The van der Waals surface area contributed by atoms with E-state index in [4.69, 9.17) is 0 Å². The molecule has 10 heteroatoms. The minimum atomic E-state index is -4.58. The summed E-state index contributed by atoms with van der Waals surface area (Å²) in [6, 6.07) is 1.85. The van der Waals surface area contributed by atoms with E-state index in [2.05, 4.69) is 9.44 Å². The van der Waals surface area contributed by atoms with Crippen LogP contribution in [0, 0.1) is 10.1 Å². The molecule has 0 radical (unpaired) electrons. The van der Waals surface area contributed by atoms with Gasteiger partial charge in [0.05, 0.1) is 5.75 Å². The van der Waals surface area contributed by atoms with Gasteiger partial charge in [-0.3, -0.25) is 14.4 Å². The lowest BCUT2D eigenvalue weighted by Crippen LogP contribution is -2.38. The van der Waals surface area contributed by atoms with Crippen molar-refractivity contribution in [3.05, 3.63) is 46.0 Å². The van der Waals surface area contributed by atoms with Crippen LogP contribution in [-0.4, -0.2) is 30.9 Å². The molecule has 1 aromatic carbocycles. The molecule has 0 fully saturated rings. The van der Waals surface area contributed by atoms with Gasteiger partial charge >= 0.3 is 16.2 Å². The summed E-state index contributed by atoms with van der Waals surface area (Å²) in [5.74, 6) is -0.511. The van der Waals surface area contributed by atoms with Gasteiger partial charge in [-0.2, -0.15) is 8.42 Å². The van der Waals surface area contributed by atoms with Gasteiger partial charge in [-0.25, -0.2) is 0 Å². The van der Waals surface area contributed by atoms with E-state index in [1.807, 2.05) is 0 Å². The van der Waals surface area contributed by atoms with Crippen molar-refractivity contribution < 1.29 is 26.4 Å². The van der Waals surface area contributed by atoms with Gasteiger partial charge in [-0.05, 0) is 6.92 Å². The highest BCUT2D eigenvalue weighted by Crippen LogP contribution is 2.22. The molecule has 0 bridgehead atoms. The van der Waals surface area contributed by atoms with Crippen molar-refractivity contribution in [2.75, 3.05) is 5.75 Å². The van der Waals surface area contributed by atoms with Gasteiger partial charge in [0.25, 0.3) is 0 Å². The molecule has 0 aliphatic carbocycles. The normalized spacial score (nSPS) is 13.1. The maximum Gasteiger partial charge on any atom is 0.560 e. The van der Waals surface area contributed by atoms with Crippen LogP contribution >= 0.6 is 0 Å². The minimum absolute atomic E-state index is 0.319. The standard InChI is InChI=1S/C10H10F2N2O5S/c1-2-20(17,18)19-13-9(10(11,12)14(15)16)8-6-4-3-5-7-8/h3-7H,2H2,1H3. The molecule has 0 N–H and O–H groups in total. The number of nitro groups is 1. The highest BCUT2D eigenvalue weighted by Gasteiger charge is 2.52. The lowest BCUT2D eigenvalue weighted by atomic mass is 10.1. The number of halogens is 2. The molecule has 110 valence electrons. The average molecular weight is 308 g/mol. The van der Waals surface area contributed by atoms with Crippen LogP contribution in [0.25, 0.3) is 0 Å². The molecule has 0 unspecified atom stereocenters. The maximum absolute atomic E-state index is 13.5. The number of alkyl halides is 2. The third-order valence-corrected chi connectivity index (χ3v) is 3.17. The van der Waals surface area contributed by atoms with Crippen molar-refractivity contribution in [2.45, 2.75) is 13.0 Å². The summed E-state index contributed by atoms with van der Waals surface area (Å²) >= 11 is 0. The largest absolute Gasteiger partial charge is 0.560 e. The zero-order valence-electron chi connectivity index (χ0n) is 10.2. The van der Waals surface area contributed by atoms with E-state index < -0.39 is 32.6 Å². The zero-order valence-corrected chi connectivity index (χ0v) is 11.0. The van der Waals surface area contributed by atoms with Gasteiger partial charge in [0.2, 0.25) is 5.71 Å². The molecule has 0 heterocycles. The Morgan fingerprint density at radius 3 is 2.40 bits per heavy atom. The van der Waals surface area contributed by atoms with E-state index in [1.165, 1.54) is 25.1 Å². The highest BCUT2D eigenvalue weighted by molar-refractivity contribution is 7.86. The molecule has 0 saturated carbocycles. The van der Waals surface area contributed by atoms with Crippen LogP contribution in [0.15, 0.2) is 35.5 Å². The molecule has 1 rings (SSSR count). The van der Waals surface area contributed by atoms with Crippen molar-refractivity contribution in [1.82, 2.24) is 0 Å². The highest BCUT2D eigenvalue weighted by atomic mass is 32.2. The Balaban J connectivity index is 3.30. The van der Waals surface area contributed by atoms with Crippen molar-refractivity contribution in [3.8, 4) is 0 Å². The Hall–Kier alpha value is -2.10. The van der Waals surface area contributed by atoms with Crippen molar-refractivity contribution in [1.29, 1.82) is 0 Å². The lowest BCUT2D eigenvalue weighted by Gasteiger charge is -2.10. The number of benzene rings is 1. The first-order valence-electron chi connectivity index (χ1n) is 5.28. The number of oxime groups is 1. The zero-order chi connectivity index (χ0) is 15.4. The maximum atomic E-state index is 13.5. The van der Waals surface area contributed by atoms with Crippen molar-refractivity contribution >= 4 is 15.8 Å². The molecular formula is C10H10F2N2O5S. The molecule has 0 aromatic heterocycles. The van der Waals surface area contributed by atoms with Crippen LogP contribution in [0.1, 0.15) is 12.5 Å². The van der Waals surface area contributed by atoms with Gasteiger partial charge in [0, 0.05) is 5.56 Å². The third kappa shape index (κ3) is 3.70. The summed E-state index contributed by atoms with van der Waals surface area (Å²) in [4.78, 5) is 8.53. The van der Waals surface area contributed by atoms with Gasteiger partial charge in [0.1, 0.15) is 4.92 Å². The SMILES string of the molecule is CCS(=O)(=O)ON=C(c1ccccc1)C(F)(F)[N+](=O)[O-]. The Labute approximate surface area is 113 Å². The van der Waals surface area contributed by atoms with Crippen molar-refractivity contribution in [2.24, 2.45) is 5.16 Å². The fourth-order valence-electron chi connectivity index (χ4n) is 1.11. The molecule has 0 aliphatic heterocycles. The number of hydrogen-bond donors (Lipinski definition) is 0. The monoisotopic (exact) mass is 308 g/mol. The topological polar surface area (TPSA) is 98.9 Å². The molecule has 0 aliphatic rings. The van der Waals surface area contributed by atoms with E-state index in [0.29, 0.717) is 0 Å². The average Bonchev–Trinajstić information content (AvgIpc) is 2.39. The fourth-order valence-corrected chi connectivity index (χ4v) is 1.40. The van der Waals surface area contributed by atoms with Crippen LogP contribution in [0.5, 0.6) is 0 Å². The van der Waals surface area contributed by atoms with Gasteiger partial charge in [0.15, 0.2) is 0 Å². The van der Waals surface area contributed by atoms with Gasteiger partial charge in [-0.15, -0.1) is 8.78 Å². The Morgan fingerprint density at radius 1 is 1.40 bits per heavy atom. The Kier molecular flexibility index (Phi) is 4.71. The number of rotatable bonds is 6. The molecular weight excluding hydrogens is 298 g/mol. The molecule has 1 aromatic rings. The minimum Gasteiger partial charge on any atom is -0.268 e. The van der Waals surface area contributed by atoms with Crippen LogP contribution in [-0.2, 0) is 14.4 Å². The van der Waals surface area contributed by atoms with E-state index in [-0.39, 0.29) is 5.56 Å². The van der Waals surface area contributed by atoms with E-state index in [0.717, 1.165) is 12.1 Å². The Morgan fingerprint density at radius 2 is 1.95 bits per heavy atom. The van der Waals surface area contributed by atoms with Crippen LogP contribution in [0.2, 0.25) is 0 Å². The molecule has 0 saturated heterocycles. The lowest BCUT2D eigenvalue weighted by molar-refractivity contribution is -0.616. The Bertz CT molecular complexity index is 616. The molecule has 0 amide bonds. The van der Waals surface area contributed by atoms with Crippen molar-refractivity contribution in [3.63, 3.8) is 0 Å². The van der Waals surface area contributed by atoms with Crippen LogP contribution in [0.4, 0.5) is 8.78 Å². The third-order valence-electron chi connectivity index (χ3n) is 2.16. The predicted octanol–water partition coefficient (Wildman–Crippen LogP) is 1.63. The first kappa shape index (κ1) is 16.0. The fraction of sp³-hybridized carbons (Fsp3) is 0.300. The summed E-state index contributed by atoms with van der Waals surface area (Å²) in [7, 11) is -4.15. The summed E-state index contributed by atoms with van der Waals surface area (Å²) in [5.41, 5.74) is -1.71. The summed E-state index contributed by atoms with van der Waals surface area (Å²) in [6.07, 6.45) is 0. The number of hydrogen-bond acceptors (Lipinski definition) is 6. The summed E-state index contributed by atoms with van der Waals surface area (Å²) in [5, 5.41) is 13.2. The molecule has 0 atom stereocenters. The van der Waals surface area contributed by atoms with E-state index >= 15 is 0 Å². The van der Waals surface area contributed by atoms with E-state index in [1.54, 1.807) is 0 Å². The molecule has 20 heavy (non-hydrogen) atoms. The first-order chi connectivity index (χ1) is 9.20.